The molecule has 1 nitrogen and oxygen atoms in total. The predicted octanol–water partition coefficient (Wildman–Crippen LogP) is 6.22. The highest BCUT2D eigenvalue weighted by Gasteiger charge is 2.14. The first-order valence-electron chi connectivity index (χ1n) is 8.41. The molecule has 0 fully saturated rings. The van der Waals surface area contributed by atoms with Gasteiger partial charge in [-0.2, -0.15) is 0 Å². The molecule has 0 spiro atoms. The molecule has 0 unspecified atom stereocenters. The summed E-state index contributed by atoms with van der Waals surface area (Å²) in [5.41, 5.74) is 4.25. The highest BCUT2D eigenvalue weighted by Crippen LogP contribution is 2.22. The number of allylic oxidation sites excluding steroid dienone is 2. The smallest absolute Gasteiger partial charge is 0.163 e. The van der Waals surface area contributed by atoms with E-state index in [2.05, 4.69) is 39.5 Å². The fourth-order valence-electron chi connectivity index (χ4n) is 2.44. The van der Waals surface area contributed by atoms with Crippen LogP contribution in [0.3, 0.4) is 0 Å². The maximum Gasteiger partial charge on any atom is 0.163 e. The van der Waals surface area contributed by atoms with Crippen LogP contribution in [0.2, 0.25) is 0 Å². The maximum absolute atomic E-state index is 12.3. The summed E-state index contributed by atoms with van der Waals surface area (Å²) < 4.78 is 0. The van der Waals surface area contributed by atoms with Gasteiger partial charge in [0.25, 0.3) is 0 Å². The Morgan fingerprint density at radius 2 is 1.58 bits per heavy atom. The summed E-state index contributed by atoms with van der Waals surface area (Å²) in [6.45, 7) is 10.6. The third-order valence-electron chi connectivity index (χ3n) is 4.06. The van der Waals surface area contributed by atoms with E-state index < -0.39 is 0 Å². The van der Waals surface area contributed by atoms with Crippen molar-refractivity contribution in [1.82, 2.24) is 0 Å². The van der Waals surface area contributed by atoms with Gasteiger partial charge in [-0.25, -0.2) is 0 Å². The van der Waals surface area contributed by atoms with Gasteiger partial charge >= 0.3 is 0 Å². The van der Waals surface area contributed by atoms with Crippen molar-refractivity contribution in [3.63, 3.8) is 0 Å². The van der Waals surface area contributed by atoms with Crippen LogP contribution in [0.4, 0.5) is 0 Å². The van der Waals surface area contributed by atoms with Crippen LogP contribution in [0.5, 0.6) is 0 Å². The first kappa shape index (κ1) is 17.9. The van der Waals surface area contributed by atoms with Crippen LogP contribution in [0.1, 0.15) is 55.1 Å². The average molecular weight is 318 g/mol. The molecule has 0 bridgehead atoms. The van der Waals surface area contributed by atoms with Gasteiger partial charge in [0.1, 0.15) is 0 Å². The Morgan fingerprint density at radius 1 is 0.958 bits per heavy atom. The third kappa shape index (κ3) is 5.34. The van der Waals surface area contributed by atoms with Crippen molar-refractivity contribution < 1.29 is 4.79 Å². The van der Waals surface area contributed by atoms with Gasteiger partial charge in [-0.05, 0) is 23.0 Å². The van der Waals surface area contributed by atoms with Crippen LogP contribution in [0.25, 0.3) is 6.08 Å². The molecule has 2 aromatic carbocycles. The number of carbonyl (C=O) groups is 1. The van der Waals surface area contributed by atoms with Gasteiger partial charge in [0.15, 0.2) is 5.78 Å². The average Bonchev–Trinajstić information content (AvgIpc) is 2.58. The lowest BCUT2D eigenvalue weighted by Gasteiger charge is -2.19. The van der Waals surface area contributed by atoms with Crippen molar-refractivity contribution in [3.05, 3.63) is 89.5 Å². The summed E-state index contributed by atoms with van der Waals surface area (Å²) in [6, 6.07) is 18.1. The van der Waals surface area contributed by atoms with Crippen LogP contribution in [-0.2, 0) is 5.41 Å². The molecular weight excluding hydrogens is 292 g/mol. The van der Waals surface area contributed by atoms with Gasteiger partial charge in [0.05, 0.1) is 0 Å². The molecule has 0 heterocycles. The molecule has 1 heteroatoms. The minimum atomic E-state index is 0.109. The number of carbonyl (C=O) groups excluding carboxylic acids is 1. The third-order valence-corrected chi connectivity index (χ3v) is 4.06. The second-order valence-corrected chi connectivity index (χ2v) is 7.15. The topological polar surface area (TPSA) is 17.1 Å². The fraction of sp³-hybridized carbons (Fsp3) is 0.261. The Labute approximate surface area is 145 Å². The lowest BCUT2D eigenvalue weighted by molar-refractivity contribution is 0.0983. The summed E-state index contributed by atoms with van der Waals surface area (Å²) >= 11 is 0. The molecule has 0 aliphatic heterocycles. The van der Waals surface area contributed by atoms with Gasteiger partial charge < -0.3 is 0 Å². The summed E-state index contributed by atoms with van der Waals surface area (Å²) in [5, 5.41) is 0. The highest BCUT2D eigenvalue weighted by atomic mass is 16.1. The summed E-state index contributed by atoms with van der Waals surface area (Å²) in [4.78, 5) is 12.3. The van der Waals surface area contributed by atoms with E-state index in [1.54, 1.807) is 0 Å². The van der Waals surface area contributed by atoms with Crippen LogP contribution in [-0.4, -0.2) is 5.78 Å². The molecule has 24 heavy (non-hydrogen) atoms. The number of rotatable bonds is 6. The summed E-state index contributed by atoms with van der Waals surface area (Å²) in [7, 11) is 0. The van der Waals surface area contributed by atoms with E-state index in [-0.39, 0.29) is 11.2 Å². The molecule has 0 saturated heterocycles. The molecule has 0 N–H and O–H groups in total. The number of hydrogen-bond acceptors (Lipinski definition) is 1. The lowest BCUT2D eigenvalue weighted by Crippen LogP contribution is -2.11. The van der Waals surface area contributed by atoms with Crippen molar-refractivity contribution in [2.24, 2.45) is 0 Å². The first-order valence-corrected chi connectivity index (χ1v) is 8.41. The van der Waals surface area contributed by atoms with Crippen molar-refractivity contribution in [3.8, 4) is 0 Å². The van der Waals surface area contributed by atoms with Crippen LogP contribution in [0.15, 0.2) is 72.8 Å². The van der Waals surface area contributed by atoms with Crippen molar-refractivity contribution in [2.45, 2.75) is 39.0 Å². The molecule has 2 aromatic rings. The molecule has 0 aliphatic carbocycles. The molecule has 0 atom stereocenters. The van der Waals surface area contributed by atoms with Gasteiger partial charge in [-0.1, -0.05) is 99.7 Å². The van der Waals surface area contributed by atoms with E-state index in [1.807, 2.05) is 54.6 Å². The van der Waals surface area contributed by atoms with Crippen molar-refractivity contribution in [1.29, 1.82) is 0 Å². The highest BCUT2D eigenvalue weighted by molar-refractivity contribution is 5.96. The minimum Gasteiger partial charge on any atom is -0.294 e. The second kappa shape index (κ2) is 7.92. The monoisotopic (exact) mass is 318 g/mol. The largest absolute Gasteiger partial charge is 0.294 e. The van der Waals surface area contributed by atoms with Crippen LogP contribution >= 0.6 is 0 Å². The van der Waals surface area contributed by atoms with Crippen molar-refractivity contribution in [2.75, 3.05) is 0 Å². The standard InChI is InChI=1S/C23H26O/c1-18(10-12-19-8-6-5-7-9-19)11-17-22(24)20-13-15-21(16-14-20)23(2,3)4/h5-10,12-16H,1,11,17H2,2-4H3/b12-10+. The molecule has 0 saturated carbocycles. The van der Waals surface area contributed by atoms with E-state index in [1.165, 1.54) is 5.56 Å². The van der Waals surface area contributed by atoms with Gasteiger partial charge in [0.2, 0.25) is 0 Å². The Balaban J connectivity index is 1.88. The number of Topliss-reactive ketones (excluding diaryl/α,β-unsaturated/α-hetero) is 1. The Morgan fingerprint density at radius 3 is 2.17 bits per heavy atom. The van der Waals surface area contributed by atoms with Crippen LogP contribution < -0.4 is 0 Å². The van der Waals surface area contributed by atoms with Gasteiger partial charge in [0, 0.05) is 12.0 Å². The van der Waals surface area contributed by atoms with Gasteiger partial charge in [-0.15, -0.1) is 0 Å². The molecule has 0 aromatic heterocycles. The molecule has 2 rings (SSSR count). The molecular formula is C23H26O. The van der Waals surface area contributed by atoms with E-state index in [0.717, 1.165) is 16.7 Å². The van der Waals surface area contributed by atoms with Crippen molar-refractivity contribution >= 4 is 11.9 Å². The zero-order valence-corrected chi connectivity index (χ0v) is 14.9. The minimum absolute atomic E-state index is 0.109. The SMILES string of the molecule is C=C(/C=C/c1ccccc1)CCC(=O)c1ccc(C(C)(C)C)cc1. The summed E-state index contributed by atoms with van der Waals surface area (Å²) in [5.74, 6) is 0.171. The number of benzene rings is 2. The lowest BCUT2D eigenvalue weighted by atomic mass is 9.86. The van der Waals surface area contributed by atoms with E-state index in [9.17, 15) is 4.79 Å². The Hall–Kier alpha value is -2.41. The molecule has 0 amide bonds. The fourth-order valence-corrected chi connectivity index (χ4v) is 2.44. The quantitative estimate of drug-likeness (QED) is 0.456. The van der Waals surface area contributed by atoms with E-state index >= 15 is 0 Å². The van der Waals surface area contributed by atoms with Crippen LogP contribution in [0, 0.1) is 0 Å². The Bertz CT molecular complexity index is 713. The van der Waals surface area contributed by atoms with E-state index in [4.69, 9.17) is 0 Å². The maximum atomic E-state index is 12.3. The first-order chi connectivity index (χ1) is 11.4. The summed E-state index contributed by atoms with van der Waals surface area (Å²) in [6.07, 6.45) is 5.20. The Kier molecular flexibility index (Phi) is 5.92. The van der Waals surface area contributed by atoms with E-state index in [0.29, 0.717) is 12.8 Å². The predicted molar refractivity (Wildman–Crippen MR) is 103 cm³/mol. The second-order valence-electron chi connectivity index (χ2n) is 7.15. The zero-order valence-electron chi connectivity index (χ0n) is 14.9. The van der Waals surface area contributed by atoms with Gasteiger partial charge in [-0.3, -0.25) is 4.79 Å². The molecule has 0 radical (unpaired) electrons. The zero-order chi connectivity index (χ0) is 17.6. The normalized spacial score (nSPS) is 11.6. The number of hydrogen-bond donors (Lipinski definition) is 0. The molecule has 124 valence electrons. The number of ketones is 1. The molecule has 0 aliphatic rings.